The van der Waals surface area contributed by atoms with Gasteiger partial charge in [0, 0.05) is 37.7 Å². The van der Waals surface area contributed by atoms with Crippen LogP contribution in [0.3, 0.4) is 0 Å². The molecule has 24 heavy (non-hydrogen) atoms. The van der Waals surface area contributed by atoms with E-state index in [2.05, 4.69) is 10.3 Å². The van der Waals surface area contributed by atoms with Gasteiger partial charge in [-0.3, -0.25) is 4.31 Å². The van der Waals surface area contributed by atoms with Crippen LogP contribution in [0.2, 0.25) is 0 Å². The fraction of sp³-hybridized carbons (Fsp3) is 0.438. The third-order valence-corrected chi connectivity index (χ3v) is 5.48. The highest BCUT2D eigenvalue weighted by molar-refractivity contribution is 7.92. The quantitative estimate of drug-likeness (QED) is 0.688. The number of ether oxygens (including phenoxy) is 1. The van der Waals surface area contributed by atoms with E-state index in [1.807, 2.05) is 24.4 Å². The lowest BCUT2D eigenvalue weighted by Crippen LogP contribution is -2.24. The number of nitrogens with zero attached hydrogens (tertiary/aromatic N) is 2. The van der Waals surface area contributed by atoms with Crippen molar-refractivity contribution < 1.29 is 13.2 Å². The van der Waals surface area contributed by atoms with Crippen molar-refractivity contribution in [3.05, 3.63) is 29.6 Å². The smallest absolute Gasteiger partial charge is 0.231 e. The van der Waals surface area contributed by atoms with Crippen molar-refractivity contribution in [3.8, 4) is 11.3 Å². The molecule has 0 aliphatic heterocycles. The van der Waals surface area contributed by atoms with Gasteiger partial charge in [-0.15, -0.1) is 11.3 Å². The van der Waals surface area contributed by atoms with Crippen molar-refractivity contribution in [1.82, 2.24) is 4.98 Å². The largest absolute Gasteiger partial charge is 0.382 e. The van der Waals surface area contributed by atoms with Crippen LogP contribution in [0.15, 0.2) is 29.6 Å². The third-order valence-electron chi connectivity index (χ3n) is 3.47. The lowest BCUT2D eigenvalue weighted by atomic mass is 10.1. The Morgan fingerprint density at radius 1 is 1.29 bits per heavy atom. The van der Waals surface area contributed by atoms with E-state index in [4.69, 9.17) is 4.74 Å². The number of hydrogen-bond donors (Lipinski definition) is 1. The first kappa shape index (κ1) is 18.7. The summed E-state index contributed by atoms with van der Waals surface area (Å²) in [5, 5.41) is 6.14. The minimum absolute atomic E-state index is 0.630. The molecule has 0 saturated carbocycles. The first-order valence-corrected chi connectivity index (χ1v) is 10.5. The Hall–Kier alpha value is -1.64. The average molecular weight is 370 g/mol. The number of benzene rings is 1. The van der Waals surface area contributed by atoms with Crippen molar-refractivity contribution in [1.29, 1.82) is 0 Å². The standard InChI is InChI=1S/C16H23N3O3S2/c1-4-22-11-5-10-17-16-18-15(12-23-16)13-6-8-14(9-7-13)19(2)24(3,20)21/h6-9,12H,4-5,10-11H2,1-3H3,(H,17,18). The summed E-state index contributed by atoms with van der Waals surface area (Å²) >= 11 is 1.55. The molecule has 1 aromatic heterocycles. The second-order valence-electron chi connectivity index (χ2n) is 5.29. The first-order chi connectivity index (χ1) is 11.4. The highest BCUT2D eigenvalue weighted by Gasteiger charge is 2.12. The van der Waals surface area contributed by atoms with E-state index in [1.165, 1.54) is 17.6 Å². The van der Waals surface area contributed by atoms with Crippen LogP contribution in [0.25, 0.3) is 11.3 Å². The molecule has 0 aliphatic rings. The first-order valence-electron chi connectivity index (χ1n) is 7.73. The molecular weight excluding hydrogens is 346 g/mol. The van der Waals surface area contributed by atoms with Crippen LogP contribution in [0, 0.1) is 0 Å². The molecule has 8 heteroatoms. The fourth-order valence-corrected chi connectivity index (χ4v) is 3.29. The summed E-state index contributed by atoms with van der Waals surface area (Å²) < 4.78 is 29.7. The molecular formula is C16H23N3O3S2. The minimum atomic E-state index is -3.25. The van der Waals surface area contributed by atoms with E-state index in [1.54, 1.807) is 23.5 Å². The fourth-order valence-electron chi connectivity index (χ4n) is 2.04. The van der Waals surface area contributed by atoms with Gasteiger partial charge >= 0.3 is 0 Å². The van der Waals surface area contributed by atoms with E-state index in [0.29, 0.717) is 5.69 Å². The SMILES string of the molecule is CCOCCCNc1nc(-c2ccc(N(C)S(C)(=O)=O)cc2)cs1. The van der Waals surface area contributed by atoms with E-state index >= 15 is 0 Å². The van der Waals surface area contributed by atoms with Crippen LogP contribution in [0.4, 0.5) is 10.8 Å². The monoisotopic (exact) mass is 369 g/mol. The number of hydrogen-bond acceptors (Lipinski definition) is 6. The molecule has 2 rings (SSSR count). The maximum Gasteiger partial charge on any atom is 0.231 e. The molecule has 0 spiro atoms. The Bertz CT molecular complexity index is 742. The Balaban J connectivity index is 1.97. The molecule has 0 amide bonds. The predicted octanol–water partition coefficient (Wildman–Crippen LogP) is 3.04. The third kappa shape index (κ3) is 5.19. The number of rotatable bonds is 9. The van der Waals surface area contributed by atoms with Crippen LogP contribution in [0.5, 0.6) is 0 Å². The Morgan fingerprint density at radius 3 is 2.62 bits per heavy atom. The lowest BCUT2D eigenvalue weighted by molar-refractivity contribution is 0.147. The van der Waals surface area contributed by atoms with Gasteiger partial charge in [0.05, 0.1) is 17.6 Å². The van der Waals surface area contributed by atoms with E-state index in [0.717, 1.165) is 42.6 Å². The van der Waals surface area contributed by atoms with E-state index < -0.39 is 10.0 Å². The van der Waals surface area contributed by atoms with Crippen LogP contribution in [0.1, 0.15) is 13.3 Å². The van der Waals surface area contributed by atoms with Gasteiger partial charge in [0.15, 0.2) is 5.13 Å². The summed E-state index contributed by atoms with van der Waals surface area (Å²) in [5.74, 6) is 0. The highest BCUT2D eigenvalue weighted by atomic mass is 32.2. The van der Waals surface area contributed by atoms with Gasteiger partial charge in [-0.25, -0.2) is 13.4 Å². The maximum absolute atomic E-state index is 11.6. The zero-order valence-corrected chi connectivity index (χ0v) is 15.8. The lowest BCUT2D eigenvalue weighted by Gasteiger charge is -2.16. The summed E-state index contributed by atoms with van der Waals surface area (Å²) in [4.78, 5) is 4.56. The van der Waals surface area contributed by atoms with Crippen molar-refractivity contribution in [2.75, 3.05) is 42.7 Å². The van der Waals surface area contributed by atoms with Crippen LogP contribution >= 0.6 is 11.3 Å². The summed E-state index contributed by atoms with van der Waals surface area (Å²) in [7, 11) is -1.71. The highest BCUT2D eigenvalue weighted by Crippen LogP contribution is 2.27. The van der Waals surface area contributed by atoms with Gasteiger partial charge in [0.25, 0.3) is 0 Å². The molecule has 0 saturated heterocycles. The molecule has 0 bridgehead atoms. The van der Waals surface area contributed by atoms with E-state index in [-0.39, 0.29) is 0 Å². The zero-order valence-electron chi connectivity index (χ0n) is 14.2. The van der Waals surface area contributed by atoms with E-state index in [9.17, 15) is 8.42 Å². The van der Waals surface area contributed by atoms with Gasteiger partial charge in [-0.2, -0.15) is 0 Å². The molecule has 1 heterocycles. The zero-order chi connectivity index (χ0) is 17.6. The topological polar surface area (TPSA) is 71.5 Å². The summed E-state index contributed by atoms with van der Waals surface area (Å²) in [6.07, 6.45) is 2.13. The average Bonchev–Trinajstić information content (AvgIpc) is 3.02. The van der Waals surface area contributed by atoms with Crippen LogP contribution in [-0.2, 0) is 14.8 Å². The van der Waals surface area contributed by atoms with Gasteiger partial charge in [0.1, 0.15) is 0 Å². The maximum atomic E-state index is 11.6. The molecule has 0 unspecified atom stereocenters. The summed E-state index contributed by atoms with van der Waals surface area (Å²) in [6, 6.07) is 7.33. The molecule has 6 nitrogen and oxygen atoms in total. The Kier molecular flexibility index (Phi) is 6.59. The molecule has 0 fully saturated rings. The number of anilines is 2. The second kappa shape index (κ2) is 8.46. The number of aromatic nitrogens is 1. The Labute approximate surface area is 147 Å². The van der Waals surface area contributed by atoms with Crippen molar-refractivity contribution >= 4 is 32.2 Å². The predicted molar refractivity (Wildman–Crippen MR) is 100 cm³/mol. The molecule has 0 aliphatic carbocycles. The normalized spacial score (nSPS) is 11.5. The van der Waals surface area contributed by atoms with Crippen LogP contribution < -0.4 is 9.62 Å². The molecule has 1 N–H and O–H groups in total. The van der Waals surface area contributed by atoms with Crippen LogP contribution in [-0.4, -0.2) is 46.5 Å². The number of nitrogens with one attached hydrogen (secondary N) is 1. The molecule has 132 valence electrons. The van der Waals surface area contributed by atoms with Crippen molar-refractivity contribution in [3.63, 3.8) is 0 Å². The van der Waals surface area contributed by atoms with Gasteiger partial charge in [-0.05, 0) is 25.5 Å². The number of thiazole rings is 1. The van der Waals surface area contributed by atoms with Gasteiger partial charge < -0.3 is 10.1 Å². The minimum Gasteiger partial charge on any atom is -0.382 e. The molecule has 0 atom stereocenters. The van der Waals surface area contributed by atoms with Crippen molar-refractivity contribution in [2.45, 2.75) is 13.3 Å². The summed E-state index contributed by atoms with van der Waals surface area (Å²) in [6.45, 7) is 4.30. The molecule has 0 radical (unpaired) electrons. The Morgan fingerprint density at radius 2 is 2.00 bits per heavy atom. The van der Waals surface area contributed by atoms with Crippen molar-refractivity contribution in [2.24, 2.45) is 0 Å². The summed E-state index contributed by atoms with van der Waals surface area (Å²) in [5.41, 5.74) is 2.46. The molecule has 2 aromatic rings. The van der Waals surface area contributed by atoms with Gasteiger partial charge in [0.2, 0.25) is 10.0 Å². The number of sulfonamides is 1. The second-order valence-corrected chi connectivity index (χ2v) is 8.16. The molecule has 1 aromatic carbocycles. The van der Waals surface area contributed by atoms with Gasteiger partial charge in [-0.1, -0.05) is 12.1 Å².